The van der Waals surface area contributed by atoms with Crippen LogP contribution < -0.4 is 10.1 Å². The van der Waals surface area contributed by atoms with E-state index in [4.69, 9.17) is 4.74 Å². The minimum atomic E-state index is -0.0826. The number of nitrogens with zero attached hydrogens (tertiary/aromatic N) is 3. The summed E-state index contributed by atoms with van der Waals surface area (Å²) in [5.74, 6) is 2.29. The summed E-state index contributed by atoms with van der Waals surface area (Å²) in [4.78, 5) is 32.8. The largest absolute Gasteiger partial charge is 0.490 e. The Labute approximate surface area is 188 Å². The predicted molar refractivity (Wildman–Crippen MR) is 122 cm³/mol. The van der Waals surface area contributed by atoms with E-state index in [9.17, 15) is 9.59 Å². The minimum absolute atomic E-state index is 0.0826. The molecular formula is C25H30N4O3. The van der Waals surface area contributed by atoms with Crippen molar-refractivity contribution >= 4 is 17.6 Å². The fraction of sp³-hybridized carbons (Fsp3) is 0.480. The zero-order valence-electron chi connectivity index (χ0n) is 18.4. The van der Waals surface area contributed by atoms with Gasteiger partial charge in [-0.2, -0.15) is 0 Å². The summed E-state index contributed by atoms with van der Waals surface area (Å²) in [5, 5.41) is 2.96. The van der Waals surface area contributed by atoms with Gasteiger partial charge in [-0.15, -0.1) is 0 Å². The van der Waals surface area contributed by atoms with Crippen molar-refractivity contribution in [1.82, 2.24) is 14.8 Å². The summed E-state index contributed by atoms with van der Waals surface area (Å²) in [7, 11) is 0. The smallest absolute Gasteiger partial charge is 0.321 e. The molecule has 0 radical (unpaired) electrons. The van der Waals surface area contributed by atoms with Crippen molar-refractivity contribution < 1.29 is 14.3 Å². The lowest BCUT2D eigenvalue weighted by Crippen LogP contribution is -2.50. The van der Waals surface area contributed by atoms with Crippen LogP contribution in [0, 0.1) is 11.8 Å². The molecule has 3 heterocycles. The average molecular weight is 435 g/mol. The SMILES string of the molecule is CC1CC1C(=O)N1CCC(Oc2ccc(NC(=O)N3CC(c4cccnc4)C3)cc2)CC1. The number of likely N-dealkylation sites (tertiary alicyclic amines) is 2. The highest BCUT2D eigenvalue weighted by atomic mass is 16.5. The molecule has 0 spiro atoms. The van der Waals surface area contributed by atoms with Crippen molar-refractivity contribution in [3.63, 3.8) is 0 Å². The Kier molecular flexibility index (Phi) is 5.72. The zero-order chi connectivity index (χ0) is 22.1. The van der Waals surface area contributed by atoms with Crippen LogP contribution in [-0.2, 0) is 4.79 Å². The molecule has 2 aliphatic heterocycles. The normalized spacial score (nSPS) is 23.4. The molecule has 3 amide bonds. The van der Waals surface area contributed by atoms with E-state index in [1.165, 1.54) is 5.56 Å². The highest BCUT2D eigenvalue weighted by Crippen LogP contribution is 2.39. The molecular weight excluding hydrogens is 404 g/mol. The third-order valence-corrected chi connectivity index (χ3v) is 6.91. The lowest BCUT2D eigenvalue weighted by molar-refractivity contribution is -0.134. The number of carbonyl (C=O) groups is 2. The molecule has 1 aromatic heterocycles. The monoisotopic (exact) mass is 434 g/mol. The number of piperidine rings is 1. The van der Waals surface area contributed by atoms with Gasteiger partial charge in [0.1, 0.15) is 11.9 Å². The molecule has 1 N–H and O–H groups in total. The summed E-state index contributed by atoms with van der Waals surface area (Å²) in [5.41, 5.74) is 1.93. The van der Waals surface area contributed by atoms with Crippen LogP contribution in [0.4, 0.5) is 10.5 Å². The van der Waals surface area contributed by atoms with Crippen LogP contribution in [-0.4, -0.2) is 59.0 Å². The van der Waals surface area contributed by atoms with E-state index in [1.54, 1.807) is 11.1 Å². The summed E-state index contributed by atoms with van der Waals surface area (Å²) in [6.45, 7) is 5.11. The Balaban J connectivity index is 1.05. The van der Waals surface area contributed by atoms with Gasteiger partial charge in [-0.1, -0.05) is 13.0 Å². The number of nitrogens with one attached hydrogen (secondary N) is 1. The molecule has 32 heavy (non-hydrogen) atoms. The van der Waals surface area contributed by atoms with Crippen molar-refractivity contribution in [3.05, 3.63) is 54.4 Å². The van der Waals surface area contributed by atoms with Gasteiger partial charge in [-0.3, -0.25) is 9.78 Å². The average Bonchev–Trinajstić information content (AvgIpc) is 3.51. The Morgan fingerprint density at radius 2 is 1.78 bits per heavy atom. The number of anilines is 1. The van der Waals surface area contributed by atoms with Crippen molar-refractivity contribution in [2.24, 2.45) is 11.8 Å². The molecule has 5 rings (SSSR count). The lowest BCUT2D eigenvalue weighted by atomic mass is 9.93. The van der Waals surface area contributed by atoms with E-state index in [2.05, 4.69) is 23.3 Å². The molecule has 1 aromatic carbocycles. The fourth-order valence-corrected chi connectivity index (χ4v) is 4.58. The molecule has 1 aliphatic carbocycles. The molecule has 168 valence electrons. The number of rotatable bonds is 5. The van der Waals surface area contributed by atoms with Crippen LogP contribution in [0.25, 0.3) is 0 Å². The van der Waals surface area contributed by atoms with Gasteiger partial charge < -0.3 is 19.9 Å². The van der Waals surface area contributed by atoms with Gasteiger partial charge in [0.25, 0.3) is 0 Å². The summed E-state index contributed by atoms with van der Waals surface area (Å²) < 4.78 is 6.12. The molecule has 7 heteroatoms. The second kappa shape index (κ2) is 8.81. The lowest BCUT2D eigenvalue weighted by Gasteiger charge is -2.39. The highest BCUT2D eigenvalue weighted by Gasteiger charge is 2.42. The zero-order valence-corrected chi connectivity index (χ0v) is 18.4. The Hall–Kier alpha value is -3.09. The maximum atomic E-state index is 12.5. The van der Waals surface area contributed by atoms with Crippen molar-refractivity contribution in [2.45, 2.75) is 38.2 Å². The Morgan fingerprint density at radius 3 is 2.41 bits per heavy atom. The molecule has 3 fully saturated rings. The van der Waals surface area contributed by atoms with Crippen LogP contribution in [0.2, 0.25) is 0 Å². The Morgan fingerprint density at radius 1 is 1.06 bits per heavy atom. The number of hydrogen-bond donors (Lipinski definition) is 1. The standard InChI is InChI=1S/C25H30N4O3/c1-17-13-23(17)24(30)28-11-8-22(9-12-28)32-21-6-4-20(5-7-21)27-25(31)29-15-19(16-29)18-3-2-10-26-14-18/h2-7,10,14,17,19,22-23H,8-9,11-13,15-16H2,1H3,(H,27,31). The maximum Gasteiger partial charge on any atom is 0.321 e. The molecule has 2 aromatic rings. The van der Waals surface area contributed by atoms with Gasteiger partial charge in [0.15, 0.2) is 0 Å². The van der Waals surface area contributed by atoms with E-state index in [1.807, 2.05) is 41.4 Å². The summed E-state index contributed by atoms with van der Waals surface area (Å²) in [6.07, 6.45) is 6.52. The van der Waals surface area contributed by atoms with Crippen molar-refractivity contribution in [3.8, 4) is 5.75 Å². The van der Waals surface area contributed by atoms with E-state index in [0.717, 1.165) is 43.8 Å². The first-order chi connectivity index (χ1) is 15.6. The van der Waals surface area contributed by atoms with Crippen LogP contribution in [0.3, 0.4) is 0 Å². The topological polar surface area (TPSA) is 74.8 Å². The minimum Gasteiger partial charge on any atom is -0.490 e. The number of benzene rings is 1. The quantitative estimate of drug-likeness (QED) is 0.778. The second-order valence-electron chi connectivity index (χ2n) is 9.30. The maximum absolute atomic E-state index is 12.5. The molecule has 7 nitrogen and oxygen atoms in total. The summed E-state index contributed by atoms with van der Waals surface area (Å²) >= 11 is 0. The van der Waals surface area contributed by atoms with Gasteiger partial charge in [-0.25, -0.2) is 4.79 Å². The van der Waals surface area contributed by atoms with E-state index in [-0.39, 0.29) is 18.1 Å². The first kappa shape index (κ1) is 20.8. The fourth-order valence-electron chi connectivity index (χ4n) is 4.58. The molecule has 2 unspecified atom stereocenters. The van der Waals surface area contributed by atoms with Gasteiger partial charge in [-0.05, 0) is 48.2 Å². The number of hydrogen-bond acceptors (Lipinski definition) is 4. The predicted octanol–water partition coefficient (Wildman–Crippen LogP) is 3.74. The number of aromatic nitrogens is 1. The molecule has 1 saturated carbocycles. The van der Waals surface area contributed by atoms with Crippen molar-refractivity contribution in [2.75, 3.05) is 31.5 Å². The van der Waals surface area contributed by atoms with Gasteiger partial charge in [0.2, 0.25) is 5.91 Å². The Bertz CT molecular complexity index is 951. The van der Waals surface area contributed by atoms with Crippen LogP contribution >= 0.6 is 0 Å². The first-order valence-electron chi connectivity index (χ1n) is 11.6. The van der Waals surface area contributed by atoms with Gasteiger partial charge in [0.05, 0.1) is 0 Å². The van der Waals surface area contributed by atoms with E-state index < -0.39 is 0 Å². The van der Waals surface area contributed by atoms with Crippen molar-refractivity contribution in [1.29, 1.82) is 0 Å². The van der Waals surface area contributed by atoms with E-state index >= 15 is 0 Å². The van der Waals surface area contributed by atoms with E-state index in [0.29, 0.717) is 30.8 Å². The molecule has 0 bridgehead atoms. The molecule has 2 atom stereocenters. The third kappa shape index (κ3) is 4.56. The summed E-state index contributed by atoms with van der Waals surface area (Å²) in [6, 6.07) is 11.4. The van der Waals surface area contributed by atoms with Crippen LogP contribution in [0.5, 0.6) is 5.75 Å². The number of pyridine rings is 1. The number of carbonyl (C=O) groups excluding carboxylic acids is 2. The third-order valence-electron chi connectivity index (χ3n) is 6.91. The highest BCUT2D eigenvalue weighted by molar-refractivity contribution is 5.90. The van der Waals surface area contributed by atoms with Crippen LogP contribution in [0.15, 0.2) is 48.8 Å². The molecule has 2 saturated heterocycles. The van der Waals surface area contributed by atoms with Gasteiger partial charge >= 0.3 is 6.03 Å². The number of urea groups is 1. The number of ether oxygens (including phenoxy) is 1. The van der Waals surface area contributed by atoms with Gasteiger partial charge in [0, 0.05) is 68.9 Å². The second-order valence-corrected chi connectivity index (χ2v) is 9.30. The van der Waals surface area contributed by atoms with Crippen LogP contribution in [0.1, 0.15) is 37.7 Å². The number of amides is 3. The first-order valence-corrected chi connectivity index (χ1v) is 11.6. The molecule has 3 aliphatic rings.